The highest BCUT2D eigenvalue weighted by molar-refractivity contribution is 7.89. The number of amides is 2. The van der Waals surface area contributed by atoms with Crippen molar-refractivity contribution in [1.29, 1.82) is 0 Å². The standard InChI is InChI=1S/C19H23N3O4S/c1-4-14-8-10-16(11-9-14)21-18(23)13-20-19(24)15-6-5-7-17(12-15)27(25,26)22(2)3/h5-12H,4,13H2,1-3H3,(H,20,24)(H,21,23). The molecule has 0 aliphatic heterocycles. The van der Waals surface area contributed by atoms with E-state index in [-0.39, 0.29) is 22.9 Å². The van der Waals surface area contributed by atoms with Crippen molar-refractivity contribution in [3.8, 4) is 0 Å². The number of anilines is 1. The first-order valence-electron chi connectivity index (χ1n) is 8.43. The van der Waals surface area contributed by atoms with E-state index in [1.165, 1.54) is 38.4 Å². The molecule has 0 aliphatic carbocycles. The molecule has 0 bridgehead atoms. The van der Waals surface area contributed by atoms with Gasteiger partial charge in [0.2, 0.25) is 15.9 Å². The quantitative estimate of drug-likeness (QED) is 0.756. The minimum atomic E-state index is -3.64. The van der Waals surface area contributed by atoms with Crippen molar-refractivity contribution in [3.63, 3.8) is 0 Å². The summed E-state index contributed by atoms with van der Waals surface area (Å²) in [6, 6.07) is 13.1. The predicted octanol–water partition coefficient (Wildman–Crippen LogP) is 1.87. The molecule has 27 heavy (non-hydrogen) atoms. The van der Waals surface area contributed by atoms with Gasteiger partial charge in [-0.15, -0.1) is 0 Å². The van der Waals surface area contributed by atoms with Crippen LogP contribution in [0.4, 0.5) is 5.69 Å². The Kier molecular flexibility index (Phi) is 6.70. The first-order chi connectivity index (χ1) is 12.7. The van der Waals surface area contributed by atoms with E-state index in [2.05, 4.69) is 10.6 Å². The molecule has 144 valence electrons. The lowest BCUT2D eigenvalue weighted by atomic mass is 10.1. The highest BCUT2D eigenvalue weighted by Crippen LogP contribution is 2.15. The van der Waals surface area contributed by atoms with Crippen molar-refractivity contribution < 1.29 is 18.0 Å². The number of hydrogen-bond acceptors (Lipinski definition) is 4. The molecule has 0 heterocycles. The van der Waals surface area contributed by atoms with Crippen LogP contribution in [0, 0.1) is 0 Å². The highest BCUT2D eigenvalue weighted by Gasteiger charge is 2.18. The Balaban J connectivity index is 1.98. The van der Waals surface area contributed by atoms with E-state index in [9.17, 15) is 18.0 Å². The molecule has 2 aromatic rings. The molecule has 0 spiro atoms. The van der Waals surface area contributed by atoms with Gasteiger partial charge in [0.25, 0.3) is 5.91 Å². The third-order valence-corrected chi connectivity index (χ3v) is 5.74. The molecule has 2 aromatic carbocycles. The summed E-state index contributed by atoms with van der Waals surface area (Å²) in [7, 11) is -0.804. The van der Waals surface area contributed by atoms with E-state index in [1.807, 2.05) is 19.1 Å². The second kappa shape index (κ2) is 8.79. The molecule has 7 nitrogen and oxygen atoms in total. The third kappa shape index (κ3) is 5.38. The maximum atomic E-state index is 12.2. The van der Waals surface area contributed by atoms with Gasteiger partial charge >= 0.3 is 0 Å². The normalized spacial score (nSPS) is 11.3. The van der Waals surface area contributed by atoms with Gasteiger partial charge in [-0.2, -0.15) is 0 Å². The van der Waals surface area contributed by atoms with E-state index in [4.69, 9.17) is 0 Å². The number of nitrogens with one attached hydrogen (secondary N) is 2. The fourth-order valence-electron chi connectivity index (χ4n) is 2.30. The van der Waals surface area contributed by atoms with E-state index < -0.39 is 15.9 Å². The fourth-order valence-corrected chi connectivity index (χ4v) is 3.25. The first-order valence-corrected chi connectivity index (χ1v) is 9.87. The molecule has 8 heteroatoms. The lowest BCUT2D eigenvalue weighted by Crippen LogP contribution is -2.33. The predicted molar refractivity (Wildman–Crippen MR) is 104 cm³/mol. The molecule has 0 unspecified atom stereocenters. The molecule has 0 atom stereocenters. The Morgan fingerprint density at radius 1 is 1.04 bits per heavy atom. The molecule has 0 saturated carbocycles. The summed E-state index contributed by atoms with van der Waals surface area (Å²) in [5.74, 6) is -0.896. The van der Waals surface area contributed by atoms with Crippen LogP contribution in [0.2, 0.25) is 0 Å². The van der Waals surface area contributed by atoms with E-state index in [1.54, 1.807) is 12.1 Å². The highest BCUT2D eigenvalue weighted by atomic mass is 32.2. The lowest BCUT2D eigenvalue weighted by Gasteiger charge is -2.12. The van der Waals surface area contributed by atoms with Crippen molar-refractivity contribution in [2.75, 3.05) is 26.0 Å². The summed E-state index contributed by atoms with van der Waals surface area (Å²) in [5, 5.41) is 5.18. The number of hydrogen-bond donors (Lipinski definition) is 2. The monoisotopic (exact) mass is 389 g/mol. The fraction of sp³-hybridized carbons (Fsp3) is 0.263. The minimum Gasteiger partial charge on any atom is -0.343 e. The van der Waals surface area contributed by atoms with E-state index in [0.29, 0.717) is 5.69 Å². The molecule has 2 amide bonds. The summed E-state index contributed by atoms with van der Waals surface area (Å²) in [5.41, 5.74) is 1.97. The number of benzene rings is 2. The van der Waals surface area contributed by atoms with Gasteiger partial charge in [-0.3, -0.25) is 9.59 Å². The zero-order chi connectivity index (χ0) is 20.0. The van der Waals surface area contributed by atoms with Crippen molar-refractivity contribution >= 4 is 27.5 Å². The van der Waals surface area contributed by atoms with E-state index >= 15 is 0 Å². The molecule has 0 aromatic heterocycles. The first kappa shape index (κ1) is 20.6. The molecular formula is C19H23N3O4S. The number of rotatable bonds is 7. The van der Waals surface area contributed by atoms with Gasteiger partial charge in [0.1, 0.15) is 0 Å². The molecular weight excluding hydrogens is 366 g/mol. The number of carbonyl (C=O) groups is 2. The van der Waals surface area contributed by atoms with Crippen molar-refractivity contribution in [1.82, 2.24) is 9.62 Å². The van der Waals surface area contributed by atoms with Crippen molar-refractivity contribution in [2.45, 2.75) is 18.2 Å². The summed E-state index contributed by atoms with van der Waals surface area (Å²) in [6.07, 6.45) is 0.910. The van der Waals surface area contributed by atoms with Gasteiger partial charge in [0, 0.05) is 25.3 Å². The summed E-state index contributed by atoms with van der Waals surface area (Å²) in [4.78, 5) is 24.2. The van der Waals surface area contributed by atoms with Crippen LogP contribution in [0.1, 0.15) is 22.8 Å². The molecule has 0 aliphatic rings. The van der Waals surface area contributed by atoms with Crippen LogP contribution >= 0.6 is 0 Å². The SMILES string of the molecule is CCc1ccc(NC(=O)CNC(=O)c2cccc(S(=O)(=O)N(C)C)c2)cc1. The Morgan fingerprint density at radius 3 is 2.30 bits per heavy atom. The van der Waals surface area contributed by atoms with Crippen LogP contribution in [-0.2, 0) is 21.2 Å². The minimum absolute atomic E-state index is 0.0145. The Labute approximate surface area is 159 Å². The average Bonchev–Trinajstić information content (AvgIpc) is 2.66. The summed E-state index contributed by atoms with van der Waals surface area (Å²) < 4.78 is 25.4. The van der Waals surface area contributed by atoms with Gasteiger partial charge < -0.3 is 10.6 Å². The number of sulfonamides is 1. The van der Waals surface area contributed by atoms with Crippen molar-refractivity contribution in [3.05, 3.63) is 59.7 Å². The largest absolute Gasteiger partial charge is 0.343 e. The summed E-state index contributed by atoms with van der Waals surface area (Å²) in [6.45, 7) is 1.82. The van der Waals surface area contributed by atoms with Gasteiger partial charge in [-0.1, -0.05) is 25.1 Å². The molecule has 2 N–H and O–H groups in total. The Bertz CT molecular complexity index is 922. The summed E-state index contributed by atoms with van der Waals surface area (Å²) >= 11 is 0. The maximum absolute atomic E-state index is 12.2. The topological polar surface area (TPSA) is 95.6 Å². The van der Waals surface area contributed by atoms with Gasteiger partial charge in [-0.25, -0.2) is 12.7 Å². The second-order valence-corrected chi connectivity index (χ2v) is 8.25. The zero-order valence-electron chi connectivity index (χ0n) is 15.5. The van der Waals surface area contributed by atoms with Gasteiger partial charge in [0.15, 0.2) is 0 Å². The Morgan fingerprint density at radius 2 is 1.70 bits per heavy atom. The van der Waals surface area contributed by atoms with Crippen LogP contribution in [0.15, 0.2) is 53.4 Å². The van der Waals surface area contributed by atoms with Crippen LogP contribution in [0.5, 0.6) is 0 Å². The number of aryl methyl sites for hydroxylation is 1. The maximum Gasteiger partial charge on any atom is 0.251 e. The van der Waals surface area contributed by atoms with Gasteiger partial charge in [-0.05, 0) is 42.3 Å². The number of nitrogens with zero attached hydrogens (tertiary/aromatic N) is 1. The molecule has 0 radical (unpaired) electrons. The second-order valence-electron chi connectivity index (χ2n) is 6.10. The number of carbonyl (C=O) groups excluding carboxylic acids is 2. The van der Waals surface area contributed by atoms with Gasteiger partial charge in [0.05, 0.1) is 11.4 Å². The van der Waals surface area contributed by atoms with Crippen LogP contribution in [0.3, 0.4) is 0 Å². The van der Waals surface area contributed by atoms with Crippen LogP contribution < -0.4 is 10.6 Å². The van der Waals surface area contributed by atoms with Crippen LogP contribution in [-0.4, -0.2) is 45.2 Å². The van der Waals surface area contributed by atoms with E-state index in [0.717, 1.165) is 16.3 Å². The average molecular weight is 389 g/mol. The van der Waals surface area contributed by atoms with Crippen molar-refractivity contribution in [2.24, 2.45) is 0 Å². The van der Waals surface area contributed by atoms with Crippen LogP contribution in [0.25, 0.3) is 0 Å². The Hall–Kier alpha value is -2.71. The lowest BCUT2D eigenvalue weighted by molar-refractivity contribution is -0.115. The smallest absolute Gasteiger partial charge is 0.251 e. The molecule has 0 saturated heterocycles. The molecule has 2 rings (SSSR count). The molecule has 0 fully saturated rings. The zero-order valence-corrected chi connectivity index (χ0v) is 16.3. The third-order valence-electron chi connectivity index (χ3n) is 3.93.